The average molecular weight is 469 g/mol. The fraction of sp³-hybridized carbons (Fsp3) is 0.591. The summed E-state index contributed by atoms with van der Waals surface area (Å²) in [5.41, 5.74) is 5.82. The van der Waals surface area contributed by atoms with Gasteiger partial charge in [-0.2, -0.15) is 9.28 Å². The highest BCUT2D eigenvalue weighted by molar-refractivity contribution is 7.59. The molecule has 1 heterocycles. The summed E-state index contributed by atoms with van der Waals surface area (Å²) in [6.45, 7) is 1.90. The van der Waals surface area contributed by atoms with Crippen LogP contribution in [0, 0.1) is 0 Å². The van der Waals surface area contributed by atoms with Crippen LogP contribution in [-0.2, 0) is 18.6 Å². The predicted octanol–water partition coefficient (Wildman–Crippen LogP) is 3.82. The fourth-order valence-corrected chi connectivity index (χ4v) is 6.04. The van der Waals surface area contributed by atoms with Crippen molar-refractivity contribution in [3.63, 3.8) is 0 Å². The number of quaternary nitrogens is 1. The van der Waals surface area contributed by atoms with Gasteiger partial charge in [0.2, 0.25) is 7.37 Å². The van der Waals surface area contributed by atoms with Crippen LogP contribution in [0.4, 0.5) is 4.79 Å². The summed E-state index contributed by atoms with van der Waals surface area (Å²) in [5.74, 6) is -1.25. The third-order valence-electron chi connectivity index (χ3n) is 5.99. The molecule has 1 aliphatic rings. The standard InChI is InChI=1S/C22H33N2O7P/c1-18-10-9-14-24(18,22(27)28)20(25)16-32(29,15-8-3-2-7-13-23)31-17-30-21(26)19-11-5-4-6-12-19/h4-6,11-12,18H,2-3,7-10,13-17,23H2,1H3/p+1/t18-,24?,32?/m1/s1. The highest BCUT2D eigenvalue weighted by Crippen LogP contribution is 2.49. The molecule has 1 aliphatic heterocycles. The second-order valence-corrected chi connectivity index (χ2v) is 10.9. The smallest absolute Gasteiger partial charge is 0.435 e. The van der Waals surface area contributed by atoms with Crippen molar-refractivity contribution in [1.82, 2.24) is 0 Å². The maximum atomic E-state index is 13.5. The number of unbranched alkanes of at least 4 members (excludes halogenated alkanes) is 3. The molecule has 1 fully saturated rings. The van der Waals surface area contributed by atoms with Crippen molar-refractivity contribution >= 4 is 25.3 Å². The number of likely N-dealkylation sites (tertiary alicyclic amines) is 1. The number of amides is 2. The molecule has 1 saturated heterocycles. The highest BCUT2D eigenvalue weighted by atomic mass is 31.2. The summed E-state index contributed by atoms with van der Waals surface area (Å²) in [7, 11) is -3.57. The molecule has 2 unspecified atom stereocenters. The van der Waals surface area contributed by atoms with Gasteiger partial charge in [0.15, 0.2) is 6.79 Å². The number of ether oxygens (including phenoxy) is 1. The molecular weight excluding hydrogens is 435 g/mol. The second-order valence-electron chi connectivity index (χ2n) is 8.20. The Bertz CT molecular complexity index is 833. The van der Waals surface area contributed by atoms with Crippen molar-refractivity contribution in [3.8, 4) is 0 Å². The van der Waals surface area contributed by atoms with Crippen LogP contribution in [0.1, 0.15) is 55.8 Å². The summed E-state index contributed by atoms with van der Waals surface area (Å²) in [6, 6.07) is 7.91. The molecule has 3 N–H and O–H groups in total. The molecule has 1 aromatic rings. The number of hydrogen-bond donors (Lipinski definition) is 2. The molecule has 0 bridgehead atoms. The van der Waals surface area contributed by atoms with Crippen molar-refractivity contribution in [3.05, 3.63) is 35.9 Å². The molecule has 0 saturated carbocycles. The quantitative estimate of drug-likeness (QED) is 0.155. The van der Waals surface area contributed by atoms with Gasteiger partial charge in [-0.05, 0) is 38.4 Å². The second kappa shape index (κ2) is 12.3. The summed E-state index contributed by atoms with van der Waals surface area (Å²) >= 11 is 0. The molecule has 0 radical (unpaired) electrons. The number of benzene rings is 1. The van der Waals surface area contributed by atoms with Crippen LogP contribution < -0.4 is 5.73 Å². The molecule has 1 aromatic carbocycles. The third kappa shape index (κ3) is 6.72. The number of carboxylic acid groups (broad SMARTS) is 1. The van der Waals surface area contributed by atoms with E-state index in [2.05, 4.69) is 0 Å². The summed E-state index contributed by atoms with van der Waals surface area (Å²) in [6.07, 6.45) is 2.61. The number of carbonyl (C=O) groups is 3. The minimum atomic E-state index is -3.57. The summed E-state index contributed by atoms with van der Waals surface area (Å²) in [5, 5.41) is 9.79. The van der Waals surface area contributed by atoms with E-state index in [0.29, 0.717) is 31.4 Å². The Balaban J connectivity index is 2.06. The van der Waals surface area contributed by atoms with E-state index in [9.17, 15) is 24.1 Å². The molecule has 0 aliphatic carbocycles. The van der Waals surface area contributed by atoms with Gasteiger partial charge in [0.1, 0.15) is 12.2 Å². The first-order valence-corrected chi connectivity index (χ1v) is 13.0. The Morgan fingerprint density at radius 2 is 1.84 bits per heavy atom. The zero-order valence-corrected chi connectivity index (χ0v) is 19.5. The number of nitrogens with zero attached hydrogens (tertiary/aromatic N) is 1. The van der Waals surface area contributed by atoms with Crippen LogP contribution in [0.2, 0.25) is 0 Å². The number of rotatable bonds is 12. The van der Waals surface area contributed by atoms with E-state index in [4.69, 9.17) is 15.0 Å². The third-order valence-corrected chi connectivity index (χ3v) is 8.31. The van der Waals surface area contributed by atoms with E-state index in [-0.39, 0.29) is 12.7 Å². The number of imide groups is 1. The van der Waals surface area contributed by atoms with Crippen molar-refractivity contribution in [2.45, 2.75) is 51.5 Å². The number of hydrogen-bond acceptors (Lipinski definition) is 7. The van der Waals surface area contributed by atoms with Gasteiger partial charge >= 0.3 is 18.0 Å². The number of carbonyl (C=O) groups excluding carboxylic acids is 2. The molecule has 10 heteroatoms. The lowest BCUT2D eigenvalue weighted by Crippen LogP contribution is -2.59. The Morgan fingerprint density at radius 3 is 2.44 bits per heavy atom. The average Bonchev–Trinajstić information content (AvgIpc) is 3.16. The maximum Gasteiger partial charge on any atom is 0.521 e. The molecule has 2 amide bonds. The van der Waals surface area contributed by atoms with Crippen molar-refractivity contribution < 1.29 is 37.8 Å². The van der Waals surface area contributed by atoms with Crippen LogP contribution in [0.25, 0.3) is 0 Å². The van der Waals surface area contributed by atoms with Gasteiger partial charge < -0.3 is 15.6 Å². The molecule has 32 heavy (non-hydrogen) atoms. The molecular formula is C22H34N2O7P+. The maximum absolute atomic E-state index is 13.5. The highest BCUT2D eigenvalue weighted by Gasteiger charge is 2.54. The van der Waals surface area contributed by atoms with Gasteiger partial charge in [0, 0.05) is 19.0 Å². The van der Waals surface area contributed by atoms with Gasteiger partial charge in [-0.1, -0.05) is 31.0 Å². The molecule has 0 aromatic heterocycles. The first kappa shape index (κ1) is 26.2. The largest absolute Gasteiger partial charge is 0.521 e. The number of esters is 1. The van der Waals surface area contributed by atoms with Crippen molar-refractivity contribution in [2.24, 2.45) is 5.73 Å². The molecule has 3 atom stereocenters. The van der Waals surface area contributed by atoms with E-state index >= 15 is 0 Å². The van der Waals surface area contributed by atoms with Crippen molar-refractivity contribution in [1.29, 1.82) is 0 Å². The van der Waals surface area contributed by atoms with Gasteiger partial charge in [0.25, 0.3) is 0 Å². The molecule has 0 spiro atoms. The monoisotopic (exact) mass is 469 g/mol. The van der Waals surface area contributed by atoms with E-state index in [1.54, 1.807) is 37.3 Å². The van der Waals surface area contributed by atoms with Gasteiger partial charge in [-0.25, -0.2) is 9.59 Å². The Kier molecular flexibility index (Phi) is 10.0. The Hall–Kier alpha value is -2.06. The van der Waals surface area contributed by atoms with E-state index in [1.807, 2.05) is 0 Å². The molecule has 2 rings (SSSR count). The van der Waals surface area contributed by atoms with Crippen LogP contribution in [0.15, 0.2) is 30.3 Å². The van der Waals surface area contributed by atoms with Crippen LogP contribution >= 0.6 is 7.37 Å². The van der Waals surface area contributed by atoms with Crippen LogP contribution in [0.3, 0.4) is 0 Å². The Morgan fingerprint density at radius 1 is 1.16 bits per heavy atom. The normalized spacial score (nSPS) is 22.2. The zero-order valence-electron chi connectivity index (χ0n) is 18.6. The zero-order chi connectivity index (χ0) is 23.6. The minimum Gasteiger partial charge on any atom is -0.435 e. The SMILES string of the molecule is C[C@@H]1CCC[N+]1(C(=O)O)C(=O)CP(=O)(CCCCCCN)OCOC(=O)c1ccccc1. The number of nitrogens with two attached hydrogens (primary N) is 1. The summed E-state index contributed by atoms with van der Waals surface area (Å²) < 4.78 is 23.4. The molecule has 9 nitrogen and oxygen atoms in total. The summed E-state index contributed by atoms with van der Waals surface area (Å²) in [4.78, 5) is 37.2. The first-order chi connectivity index (χ1) is 15.2. The minimum absolute atomic E-state index is 0.111. The van der Waals surface area contributed by atoms with Crippen LogP contribution in [-0.4, -0.2) is 65.8 Å². The van der Waals surface area contributed by atoms with Crippen LogP contribution in [0.5, 0.6) is 0 Å². The van der Waals surface area contributed by atoms with Gasteiger partial charge in [-0.15, -0.1) is 0 Å². The lowest BCUT2D eigenvalue weighted by molar-refractivity contribution is -0.791. The first-order valence-electron chi connectivity index (χ1n) is 11.0. The van der Waals surface area contributed by atoms with E-state index < -0.39 is 48.8 Å². The topological polar surface area (TPSA) is 133 Å². The lowest BCUT2D eigenvalue weighted by Gasteiger charge is -2.31. The lowest BCUT2D eigenvalue weighted by atomic mass is 10.2. The van der Waals surface area contributed by atoms with Gasteiger partial charge in [-0.3, -0.25) is 9.09 Å². The van der Waals surface area contributed by atoms with Gasteiger partial charge in [0.05, 0.1) is 12.1 Å². The predicted molar refractivity (Wildman–Crippen MR) is 120 cm³/mol. The van der Waals surface area contributed by atoms with E-state index in [0.717, 1.165) is 19.3 Å². The molecule has 178 valence electrons. The van der Waals surface area contributed by atoms with E-state index in [1.165, 1.54) is 0 Å². The fourth-order valence-electron chi connectivity index (χ4n) is 4.04. The van der Waals surface area contributed by atoms with Crippen molar-refractivity contribution in [2.75, 3.05) is 32.2 Å². The Labute approximate surface area is 188 Å².